The molecule has 10 heteroatoms. The normalized spacial score (nSPS) is 16.2. The number of nitrogens with zero attached hydrogens (tertiary/aromatic N) is 7. The number of rotatable bonds is 6. The van der Waals surface area contributed by atoms with Gasteiger partial charge in [-0.15, -0.1) is 10.2 Å². The monoisotopic (exact) mass is 491 g/mol. The van der Waals surface area contributed by atoms with Crippen molar-refractivity contribution in [2.24, 2.45) is 7.05 Å². The maximum Gasteiger partial charge on any atom is 0.272 e. The summed E-state index contributed by atoms with van der Waals surface area (Å²) in [6.45, 7) is 4.73. The standard InChI is InChI=1S/C26H33N7O3/c1-30-22(18-21(29-30)20-17-19(35-2)7-8-23(20)36-3)26(34)33-15-13-32(14-16-33)25-10-9-24(27-28-25)31-11-5-4-6-12-31/h7-10,17-18H,4-6,11-16H2,1-3H3. The smallest absolute Gasteiger partial charge is 0.272 e. The minimum absolute atomic E-state index is 0.0377. The Morgan fingerprint density at radius 2 is 1.47 bits per heavy atom. The molecule has 5 rings (SSSR count). The van der Waals surface area contributed by atoms with Gasteiger partial charge in [0.05, 0.1) is 19.9 Å². The molecule has 3 aromatic rings. The lowest BCUT2D eigenvalue weighted by atomic mass is 10.1. The van der Waals surface area contributed by atoms with Crippen molar-refractivity contribution < 1.29 is 14.3 Å². The molecule has 0 unspecified atom stereocenters. The van der Waals surface area contributed by atoms with Gasteiger partial charge in [-0.1, -0.05) is 0 Å². The van der Waals surface area contributed by atoms with E-state index in [0.29, 0.717) is 49.1 Å². The molecule has 2 aromatic heterocycles. The molecule has 10 nitrogen and oxygen atoms in total. The molecule has 0 saturated carbocycles. The molecule has 1 aromatic carbocycles. The largest absolute Gasteiger partial charge is 0.497 e. The zero-order valence-corrected chi connectivity index (χ0v) is 21.2. The van der Waals surface area contributed by atoms with E-state index in [0.717, 1.165) is 30.3 Å². The predicted molar refractivity (Wildman–Crippen MR) is 138 cm³/mol. The van der Waals surface area contributed by atoms with Crippen LogP contribution >= 0.6 is 0 Å². The first-order valence-corrected chi connectivity index (χ1v) is 12.5. The van der Waals surface area contributed by atoms with Crippen LogP contribution in [-0.4, -0.2) is 84.3 Å². The Morgan fingerprint density at radius 3 is 2.08 bits per heavy atom. The number of benzene rings is 1. The van der Waals surface area contributed by atoms with Gasteiger partial charge in [0.2, 0.25) is 0 Å². The van der Waals surface area contributed by atoms with Crippen LogP contribution in [0, 0.1) is 0 Å². The van der Waals surface area contributed by atoms with Gasteiger partial charge in [0.1, 0.15) is 17.2 Å². The number of anilines is 2. The second kappa shape index (κ2) is 10.4. The Labute approximate surface area is 211 Å². The summed E-state index contributed by atoms with van der Waals surface area (Å²) in [5, 5.41) is 13.5. The van der Waals surface area contributed by atoms with Crippen LogP contribution in [-0.2, 0) is 7.05 Å². The first-order chi connectivity index (χ1) is 17.6. The zero-order valence-electron chi connectivity index (χ0n) is 21.2. The average Bonchev–Trinajstić information content (AvgIpc) is 3.34. The fourth-order valence-electron chi connectivity index (χ4n) is 4.89. The van der Waals surface area contributed by atoms with E-state index in [4.69, 9.17) is 9.47 Å². The molecule has 0 aliphatic carbocycles. The Hall–Kier alpha value is -3.82. The number of carbonyl (C=O) groups is 1. The van der Waals surface area contributed by atoms with E-state index in [9.17, 15) is 4.79 Å². The van der Waals surface area contributed by atoms with Crippen LogP contribution in [0.25, 0.3) is 11.3 Å². The molecule has 0 radical (unpaired) electrons. The molecular formula is C26H33N7O3. The number of aromatic nitrogens is 4. The zero-order chi connectivity index (χ0) is 25.1. The van der Waals surface area contributed by atoms with Gasteiger partial charge in [-0.3, -0.25) is 9.48 Å². The van der Waals surface area contributed by atoms with Crippen LogP contribution in [0.15, 0.2) is 36.4 Å². The number of aryl methyl sites for hydroxylation is 1. The van der Waals surface area contributed by atoms with Crippen molar-refractivity contribution in [3.05, 3.63) is 42.1 Å². The van der Waals surface area contributed by atoms with E-state index in [1.54, 1.807) is 25.9 Å². The molecule has 36 heavy (non-hydrogen) atoms. The Bertz CT molecular complexity index is 1200. The minimum Gasteiger partial charge on any atom is -0.497 e. The Morgan fingerprint density at radius 1 is 0.806 bits per heavy atom. The molecule has 190 valence electrons. The number of ether oxygens (including phenoxy) is 2. The van der Waals surface area contributed by atoms with Gasteiger partial charge >= 0.3 is 0 Å². The third-order valence-electron chi connectivity index (χ3n) is 6.99. The highest BCUT2D eigenvalue weighted by molar-refractivity contribution is 5.94. The average molecular weight is 492 g/mol. The summed E-state index contributed by atoms with van der Waals surface area (Å²) in [6.07, 6.45) is 3.72. The number of piperazine rings is 1. The molecule has 1 amide bonds. The molecule has 0 N–H and O–H groups in total. The van der Waals surface area contributed by atoms with Crippen molar-refractivity contribution in [2.75, 3.05) is 63.3 Å². The number of methoxy groups -OCH3 is 2. The molecule has 2 aliphatic rings. The number of hydrogen-bond acceptors (Lipinski definition) is 8. The van der Waals surface area contributed by atoms with E-state index in [2.05, 4.69) is 31.2 Å². The third-order valence-corrected chi connectivity index (χ3v) is 6.99. The summed E-state index contributed by atoms with van der Waals surface area (Å²) in [4.78, 5) is 19.7. The van der Waals surface area contributed by atoms with Crippen LogP contribution in [0.4, 0.5) is 11.6 Å². The summed E-state index contributed by atoms with van der Waals surface area (Å²) in [7, 11) is 5.03. The molecule has 2 fully saturated rings. The van der Waals surface area contributed by atoms with Crippen molar-refractivity contribution in [1.29, 1.82) is 0 Å². The number of carbonyl (C=O) groups excluding carboxylic acids is 1. The van der Waals surface area contributed by atoms with Gasteiger partial charge in [-0.2, -0.15) is 5.10 Å². The molecule has 4 heterocycles. The van der Waals surface area contributed by atoms with E-state index in [1.807, 2.05) is 35.2 Å². The number of piperidine rings is 1. The molecule has 0 atom stereocenters. The fourth-order valence-corrected chi connectivity index (χ4v) is 4.89. The van der Waals surface area contributed by atoms with Crippen LogP contribution < -0.4 is 19.3 Å². The van der Waals surface area contributed by atoms with Crippen molar-refractivity contribution in [3.63, 3.8) is 0 Å². The van der Waals surface area contributed by atoms with E-state index >= 15 is 0 Å². The molecule has 0 bridgehead atoms. The highest BCUT2D eigenvalue weighted by Gasteiger charge is 2.26. The second-order valence-corrected chi connectivity index (χ2v) is 9.18. The van der Waals surface area contributed by atoms with Crippen LogP contribution in [0.3, 0.4) is 0 Å². The SMILES string of the molecule is COc1ccc(OC)c(-c2cc(C(=O)N3CCN(c4ccc(N5CCCCC5)nn4)CC3)n(C)n2)c1. The molecule has 0 spiro atoms. The van der Waals surface area contributed by atoms with Crippen LogP contribution in [0.1, 0.15) is 29.8 Å². The van der Waals surface area contributed by atoms with Gasteiger partial charge in [0.15, 0.2) is 11.6 Å². The lowest BCUT2D eigenvalue weighted by Gasteiger charge is -2.35. The van der Waals surface area contributed by atoms with E-state index in [1.165, 1.54) is 19.3 Å². The summed E-state index contributed by atoms with van der Waals surface area (Å²) in [5.41, 5.74) is 1.98. The van der Waals surface area contributed by atoms with Crippen molar-refractivity contribution in [2.45, 2.75) is 19.3 Å². The van der Waals surface area contributed by atoms with Crippen molar-refractivity contribution in [1.82, 2.24) is 24.9 Å². The quantitative estimate of drug-likeness (QED) is 0.520. The number of amides is 1. The highest BCUT2D eigenvalue weighted by Crippen LogP contribution is 2.33. The maximum atomic E-state index is 13.4. The van der Waals surface area contributed by atoms with Crippen molar-refractivity contribution >= 4 is 17.5 Å². The van der Waals surface area contributed by atoms with Crippen molar-refractivity contribution in [3.8, 4) is 22.8 Å². The highest BCUT2D eigenvalue weighted by atomic mass is 16.5. The van der Waals surface area contributed by atoms with Crippen LogP contribution in [0.2, 0.25) is 0 Å². The van der Waals surface area contributed by atoms with E-state index < -0.39 is 0 Å². The third kappa shape index (κ3) is 4.80. The maximum absolute atomic E-state index is 13.4. The lowest BCUT2D eigenvalue weighted by Crippen LogP contribution is -2.49. The number of hydrogen-bond donors (Lipinski definition) is 0. The van der Waals surface area contributed by atoms with Gasteiger partial charge in [-0.25, -0.2) is 0 Å². The summed E-state index contributed by atoms with van der Waals surface area (Å²) in [6, 6.07) is 11.5. The topological polar surface area (TPSA) is 88.9 Å². The lowest BCUT2D eigenvalue weighted by molar-refractivity contribution is 0.0735. The first-order valence-electron chi connectivity index (χ1n) is 12.5. The fraction of sp³-hybridized carbons (Fsp3) is 0.462. The van der Waals surface area contributed by atoms with E-state index in [-0.39, 0.29) is 5.91 Å². The Balaban J connectivity index is 1.24. The summed E-state index contributed by atoms with van der Waals surface area (Å²) in [5.74, 6) is 3.15. The summed E-state index contributed by atoms with van der Waals surface area (Å²) >= 11 is 0. The Kier molecular flexibility index (Phi) is 6.92. The minimum atomic E-state index is -0.0377. The second-order valence-electron chi connectivity index (χ2n) is 9.18. The molecule has 2 saturated heterocycles. The van der Waals surface area contributed by atoms with Gasteiger partial charge in [0, 0.05) is 51.9 Å². The summed E-state index contributed by atoms with van der Waals surface area (Å²) < 4.78 is 12.5. The van der Waals surface area contributed by atoms with Gasteiger partial charge in [0.25, 0.3) is 5.91 Å². The van der Waals surface area contributed by atoms with Gasteiger partial charge < -0.3 is 24.2 Å². The first kappa shape index (κ1) is 23.9. The molecule has 2 aliphatic heterocycles. The van der Waals surface area contributed by atoms with Crippen LogP contribution in [0.5, 0.6) is 11.5 Å². The molecular weight excluding hydrogens is 458 g/mol. The predicted octanol–water partition coefficient (Wildman–Crippen LogP) is 2.85. The van der Waals surface area contributed by atoms with Gasteiger partial charge in [-0.05, 0) is 55.7 Å².